The maximum absolute atomic E-state index is 10.6. The van der Waals surface area contributed by atoms with Crippen LogP contribution < -0.4 is 5.46 Å². The zero-order chi connectivity index (χ0) is 27.6. The number of rotatable bonds is 5. The fraction of sp³-hybridized carbons (Fsp3) is 0.257. The minimum Gasteiger partial charge on any atom is -0.427 e. The van der Waals surface area contributed by atoms with Crippen LogP contribution in [0.4, 0.5) is 0 Å². The summed E-state index contributed by atoms with van der Waals surface area (Å²) < 4.78 is 8.71. The number of fused-ring (bicyclic) bond motifs is 7. The Balaban J connectivity index is 1.68. The van der Waals surface area contributed by atoms with Crippen molar-refractivity contribution in [3.63, 3.8) is 0 Å². The normalized spacial score (nSPS) is 14.3. The van der Waals surface area contributed by atoms with Gasteiger partial charge in [0.05, 0.1) is 22.4 Å². The van der Waals surface area contributed by atoms with Gasteiger partial charge < -0.3 is 14.3 Å². The van der Waals surface area contributed by atoms with Crippen LogP contribution in [0.15, 0.2) is 97.1 Å². The number of para-hydroxylation sites is 1. The average molecular weight is 513 g/mol. The molecule has 196 valence electrons. The first-order valence-electron chi connectivity index (χ1n) is 13.8. The molecular weight excluding hydrogens is 477 g/mol. The smallest absolute Gasteiger partial charge is 0.309 e. The third-order valence-electron chi connectivity index (χ3n) is 8.84. The van der Waals surface area contributed by atoms with E-state index in [0.29, 0.717) is 7.48 Å². The first-order valence-corrected chi connectivity index (χ1v) is 13.8. The number of benzene rings is 4. The van der Waals surface area contributed by atoms with E-state index in [1.165, 1.54) is 44.4 Å². The summed E-state index contributed by atoms with van der Waals surface area (Å²) in [6, 6.07) is 35.1. The van der Waals surface area contributed by atoms with E-state index in [-0.39, 0.29) is 5.41 Å². The molecule has 4 heteroatoms. The molecule has 0 saturated heterocycles. The number of hydrogen-bond donors (Lipinski definition) is 1. The van der Waals surface area contributed by atoms with E-state index in [9.17, 15) is 5.11 Å². The molecule has 1 heterocycles. The molecule has 4 aromatic carbocycles. The van der Waals surface area contributed by atoms with Gasteiger partial charge in [-0.2, -0.15) is 0 Å². The number of aliphatic hydroxyl groups is 1. The van der Waals surface area contributed by atoms with Crippen LogP contribution >= 0.6 is 0 Å². The maximum atomic E-state index is 10.6. The molecule has 0 unspecified atom stereocenters. The Bertz CT molecular complexity index is 1690. The summed E-state index contributed by atoms with van der Waals surface area (Å²) in [5.74, 6) is 0. The molecule has 0 atom stereocenters. The fourth-order valence-corrected chi connectivity index (χ4v) is 5.87. The summed E-state index contributed by atoms with van der Waals surface area (Å²) in [6.45, 7) is 12.2. The molecule has 39 heavy (non-hydrogen) atoms. The summed E-state index contributed by atoms with van der Waals surface area (Å²) in [7, 11) is 0.419. The summed E-state index contributed by atoms with van der Waals surface area (Å²) in [6.07, 6.45) is 0. The molecule has 1 aliphatic rings. The largest absolute Gasteiger partial charge is 0.427 e. The highest BCUT2D eigenvalue weighted by molar-refractivity contribution is 6.47. The highest BCUT2D eigenvalue weighted by atomic mass is 16.5. The van der Waals surface area contributed by atoms with Crippen LogP contribution in [0, 0.1) is 0 Å². The number of nitrogens with zero attached hydrogens (tertiary/aromatic N) is 1. The lowest BCUT2D eigenvalue weighted by Gasteiger charge is -2.37. The molecule has 1 aliphatic carbocycles. The molecule has 0 saturated carbocycles. The van der Waals surface area contributed by atoms with Crippen molar-refractivity contribution in [3.05, 3.63) is 108 Å². The van der Waals surface area contributed by atoms with Gasteiger partial charge in [-0.05, 0) is 62.6 Å². The zero-order valence-corrected chi connectivity index (χ0v) is 23.7. The van der Waals surface area contributed by atoms with Crippen molar-refractivity contribution in [1.82, 2.24) is 4.57 Å². The molecular formula is C35H36BNO2. The van der Waals surface area contributed by atoms with Crippen molar-refractivity contribution >= 4 is 23.8 Å². The second-order valence-corrected chi connectivity index (χ2v) is 12.3. The predicted octanol–water partition coefficient (Wildman–Crippen LogP) is 7.15. The van der Waals surface area contributed by atoms with Crippen molar-refractivity contribution in [2.24, 2.45) is 0 Å². The van der Waals surface area contributed by atoms with Crippen LogP contribution in [0.2, 0.25) is 0 Å². The molecule has 3 nitrogen and oxygen atoms in total. The van der Waals surface area contributed by atoms with Crippen molar-refractivity contribution in [2.75, 3.05) is 0 Å². The Morgan fingerprint density at radius 1 is 0.744 bits per heavy atom. The van der Waals surface area contributed by atoms with E-state index in [2.05, 4.69) is 115 Å². The topological polar surface area (TPSA) is 34.4 Å². The Hall–Kier alpha value is -3.60. The van der Waals surface area contributed by atoms with Gasteiger partial charge in [-0.3, -0.25) is 0 Å². The maximum Gasteiger partial charge on any atom is 0.309 e. The van der Waals surface area contributed by atoms with Gasteiger partial charge in [0, 0.05) is 27.6 Å². The van der Waals surface area contributed by atoms with Crippen molar-refractivity contribution in [3.8, 4) is 28.1 Å². The average Bonchev–Trinajstić information content (AvgIpc) is 3.22. The summed E-state index contributed by atoms with van der Waals surface area (Å²) >= 11 is 0. The van der Waals surface area contributed by atoms with Crippen LogP contribution in [0.1, 0.15) is 52.7 Å². The highest BCUT2D eigenvalue weighted by Gasteiger charge is 2.37. The third kappa shape index (κ3) is 4.05. The molecule has 1 aromatic heterocycles. The second-order valence-electron chi connectivity index (χ2n) is 12.3. The quantitative estimate of drug-likeness (QED) is 0.253. The van der Waals surface area contributed by atoms with E-state index in [0.717, 1.165) is 11.2 Å². The standard InChI is InChI=1S/C35H36BNO2/c1-33(2)28-18-12-10-16-25(28)31-27-22-23(36-39-35(5,6)34(3,4)38)20-21-30(27)37(24-14-8-7-9-15-24)32(31)26-17-11-13-19-29(26)33/h7-22,36,38H,1-6H3. The zero-order valence-electron chi connectivity index (χ0n) is 23.7. The van der Waals surface area contributed by atoms with Gasteiger partial charge in [-0.15, -0.1) is 0 Å². The Morgan fingerprint density at radius 3 is 2.00 bits per heavy atom. The summed E-state index contributed by atoms with van der Waals surface area (Å²) in [5, 5.41) is 11.8. The molecule has 0 spiro atoms. The Kier molecular flexibility index (Phi) is 5.91. The molecule has 0 amide bonds. The molecule has 0 radical (unpaired) electrons. The minimum absolute atomic E-state index is 0.169. The minimum atomic E-state index is -0.959. The number of aromatic nitrogens is 1. The molecule has 5 aromatic rings. The van der Waals surface area contributed by atoms with Gasteiger partial charge >= 0.3 is 7.48 Å². The van der Waals surface area contributed by atoms with Crippen molar-refractivity contribution < 1.29 is 9.76 Å². The molecule has 0 bridgehead atoms. The SMILES string of the molecule is CC1(C)c2ccccc2-c2c(n(-c3ccccc3)c3ccc(BOC(C)(C)C(C)(C)O)cc23)-c2ccccc21. The van der Waals surface area contributed by atoms with Gasteiger partial charge in [0.25, 0.3) is 0 Å². The van der Waals surface area contributed by atoms with E-state index < -0.39 is 11.2 Å². The van der Waals surface area contributed by atoms with Crippen LogP contribution in [0.25, 0.3) is 39.0 Å². The number of hydrogen-bond acceptors (Lipinski definition) is 2. The fourth-order valence-electron chi connectivity index (χ4n) is 5.87. The monoisotopic (exact) mass is 513 g/mol. The molecule has 6 rings (SSSR count). The van der Waals surface area contributed by atoms with E-state index in [4.69, 9.17) is 4.65 Å². The molecule has 1 N–H and O–H groups in total. The van der Waals surface area contributed by atoms with Crippen LogP contribution in [-0.4, -0.2) is 28.4 Å². The summed E-state index contributed by atoms with van der Waals surface area (Å²) in [4.78, 5) is 0. The lowest BCUT2D eigenvalue weighted by Crippen LogP contribution is -2.49. The highest BCUT2D eigenvalue weighted by Crippen LogP contribution is 2.52. The van der Waals surface area contributed by atoms with E-state index in [1.807, 2.05) is 13.8 Å². The first kappa shape index (κ1) is 25.7. The lowest BCUT2D eigenvalue weighted by atomic mass is 9.75. The predicted molar refractivity (Wildman–Crippen MR) is 165 cm³/mol. The molecule has 0 aliphatic heterocycles. The molecule has 0 fully saturated rings. The van der Waals surface area contributed by atoms with Gasteiger partial charge in [-0.1, -0.05) is 98.2 Å². The van der Waals surface area contributed by atoms with Gasteiger partial charge in [0.1, 0.15) is 0 Å². The first-order chi connectivity index (χ1) is 18.5. The lowest BCUT2D eigenvalue weighted by molar-refractivity contribution is -0.0893. The van der Waals surface area contributed by atoms with Gasteiger partial charge in [0.2, 0.25) is 0 Å². The van der Waals surface area contributed by atoms with E-state index >= 15 is 0 Å². The van der Waals surface area contributed by atoms with Gasteiger partial charge in [-0.25, -0.2) is 0 Å². The Labute approximate surface area is 232 Å². The van der Waals surface area contributed by atoms with Crippen molar-refractivity contribution in [2.45, 2.75) is 58.2 Å². The summed E-state index contributed by atoms with van der Waals surface area (Å²) in [5.41, 5.74) is 9.23. The Morgan fingerprint density at radius 2 is 1.33 bits per heavy atom. The van der Waals surface area contributed by atoms with Gasteiger partial charge in [0.15, 0.2) is 0 Å². The van der Waals surface area contributed by atoms with E-state index in [1.54, 1.807) is 13.8 Å². The second kappa shape index (κ2) is 8.97. The third-order valence-corrected chi connectivity index (χ3v) is 8.84. The van der Waals surface area contributed by atoms with Crippen molar-refractivity contribution in [1.29, 1.82) is 0 Å². The van der Waals surface area contributed by atoms with Crippen LogP contribution in [-0.2, 0) is 10.1 Å². The van der Waals surface area contributed by atoms with Crippen LogP contribution in [0.5, 0.6) is 0 Å². The van der Waals surface area contributed by atoms with Crippen LogP contribution in [0.3, 0.4) is 0 Å².